The third-order valence-electron chi connectivity index (χ3n) is 4.18. The van der Waals surface area contributed by atoms with E-state index in [1.165, 1.54) is 13.2 Å². The van der Waals surface area contributed by atoms with Gasteiger partial charge in [-0.3, -0.25) is 4.79 Å². The number of hydrogen-bond donors (Lipinski definition) is 1. The Morgan fingerprint density at radius 1 is 1.12 bits per heavy atom. The molecule has 1 N–H and O–H groups in total. The highest BCUT2D eigenvalue weighted by molar-refractivity contribution is 6.30. The maximum atomic E-state index is 12.7. The van der Waals surface area contributed by atoms with E-state index in [9.17, 15) is 9.90 Å². The van der Waals surface area contributed by atoms with Crippen LogP contribution in [0, 0.1) is 0 Å². The second-order valence-electron chi connectivity index (χ2n) is 5.61. The summed E-state index contributed by atoms with van der Waals surface area (Å²) in [6.45, 7) is 2.57. The van der Waals surface area contributed by atoms with Crippen LogP contribution in [0.5, 0.6) is 11.5 Å². The predicted molar refractivity (Wildman–Crippen MR) is 94.2 cm³/mol. The first-order valence-corrected chi connectivity index (χ1v) is 8.13. The lowest BCUT2D eigenvalue weighted by Gasteiger charge is -2.36. The number of phenols is 1. The predicted octanol–water partition coefficient (Wildman–Crippen LogP) is 3.02. The minimum atomic E-state index is -0.212. The molecule has 1 saturated heterocycles. The molecule has 0 spiro atoms. The van der Waals surface area contributed by atoms with Gasteiger partial charge in [0.05, 0.1) is 7.11 Å². The summed E-state index contributed by atoms with van der Waals surface area (Å²) in [6, 6.07) is 12.5. The van der Waals surface area contributed by atoms with Crippen molar-refractivity contribution in [3.63, 3.8) is 0 Å². The highest BCUT2D eigenvalue weighted by Crippen LogP contribution is 2.29. The smallest absolute Gasteiger partial charge is 0.261 e. The topological polar surface area (TPSA) is 53.0 Å². The number of carbonyl (C=O) groups excluding carboxylic acids is 1. The van der Waals surface area contributed by atoms with Gasteiger partial charge in [0.2, 0.25) is 0 Å². The molecule has 0 unspecified atom stereocenters. The van der Waals surface area contributed by atoms with Gasteiger partial charge >= 0.3 is 0 Å². The molecule has 6 heteroatoms. The number of benzene rings is 2. The Balaban J connectivity index is 1.72. The minimum Gasteiger partial charge on any atom is -0.507 e. The van der Waals surface area contributed by atoms with E-state index in [2.05, 4.69) is 4.90 Å². The van der Waals surface area contributed by atoms with Gasteiger partial charge < -0.3 is 19.6 Å². The van der Waals surface area contributed by atoms with Crippen molar-refractivity contribution in [2.45, 2.75) is 0 Å². The number of methoxy groups -OCH3 is 1. The Hall–Kier alpha value is -2.40. The molecule has 5 nitrogen and oxygen atoms in total. The van der Waals surface area contributed by atoms with E-state index in [1.54, 1.807) is 17.0 Å². The molecule has 2 aromatic rings. The molecule has 126 valence electrons. The zero-order chi connectivity index (χ0) is 17.1. The van der Waals surface area contributed by atoms with Gasteiger partial charge in [0.25, 0.3) is 5.91 Å². The molecule has 0 radical (unpaired) electrons. The van der Waals surface area contributed by atoms with Crippen LogP contribution in [0.25, 0.3) is 0 Å². The molecule has 0 atom stereocenters. The van der Waals surface area contributed by atoms with Gasteiger partial charge in [-0.15, -0.1) is 0 Å². The lowest BCUT2D eigenvalue weighted by molar-refractivity contribution is 0.0740. The molecular weight excluding hydrogens is 328 g/mol. The van der Waals surface area contributed by atoms with Gasteiger partial charge in [-0.25, -0.2) is 0 Å². The van der Waals surface area contributed by atoms with Crippen molar-refractivity contribution >= 4 is 23.2 Å². The number of ether oxygens (including phenoxy) is 1. The van der Waals surface area contributed by atoms with Gasteiger partial charge in [0.15, 0.2) is 0 Å². The number of aromatic hydroxyl groups is 1. The first-order valence-electron chi connectivity index (χ1n) is 7.76. The molecule has 1 fully saturated rings. The van der Waals surface area contributed by atoms with Crippen LogP contribution in [0.1, 0.15) is 10.4 Å². The summed E-state index contributed by atoms with van der Waals surface area (Å²) in [5.74, 6) is 0.115. The van der Waals surface area contributed by atoms with Crippen LogP contribution in [-0.2, 0) is 0 Å². The summed E-state index contributed by atoms with van der Waals surface area (Å²) in [5, 5.41) is 10.7. The number of nitrogens with zero attached hydrogens (tertiary/aromatic N) is 2. The molecule has 0 aromatic heterocycles. The average molecular weight is 347 g/mol. The maximum absolute atomic E-state index is 12.7. The zero-order valence-corrected chi connectivity index (χ0v) is 14.2. The van der Waals surface area contributed by atoms with Crippen molar-refractivity contribution in [1.29, 1.82) is 0 Å². The van der Waals surface area contributed by atoms with Gasteiger partial charge in [-0.1, -0.05) is 23.7 Å². The summed E-state index contributed by atoms with van der Waals surface area (Å²) < 4.78 is 5.21. The van der Waals surface area contributed by atoms with Crippen LogP contribution in [-0.4, -0.2) is 49.2 Å². The monoisotopic (exact) mass is 346 g/mol. The molecule has 1 amide bonds. The SMILES string of the molecule is COc1cccc(O)c1C(=O)N1CCN(c2cccc(Cl)c2)CC1. The number of piperazine rings is 1. The van der Waals surface area contributed by atoms with Gasteiger partial charge in [-0.05, 0) is 30.3 Å². The molecule has 0 bridgehead atoms. The summed E-state index contributed by atoms with van der Waals surface area (Å²) >= 11 is 6.04. The molecule has 3 rings (SSSR count). The fourth-order valence-corrected chi connectivity index (χ4v) is 3.09. The van der Waals surface area contributed by atoms with E-state index in [4.69, 9.17) is 16.3 Å². The van der Waals surface area contributed by atoms with Crippen LogP contribution in [0.15, 0.2) is 42.5 Å². The van der Waals surface area contributed by atoms with E-state index < -0.39 is 0 Å². The maximum Gasteiger partial charge on any atom is 0.261 e. The number of carbonyl (C=O) groups is 1. The van der Waals surface area contributed by atoms with Gasteiger partial charge in [0.1, 0.15) is 17.1 Å². The largest absolute Gasteiger partial charge is 0.507 e. The number of halogens is 1. The van der Waals surface area contributed by atoms with Crippen molar-refractivity contribution in [1.82, 2.24) is 4.90 Å². The summed E-state index contributed by atoms with van der Waals surface area (Å²) in [7, 11) is 1.49. The van der Waals surface area contributed by atoms with Gasteiger partial charge in [0, 0.05) is 36.9 Å². The van der Waals surface area contributed by atoms with E-state index >= 15 is 0 Å². The third kappa shape index (κ3) is 3.26. The molecule has 1 aliphatic heterocycles. The second kappa shape index (κ2) is 7.01. The van der Waals surface area contributed by atoms with Crippen LogP contribution < -0.4 is 9.64 Å². The van der Waals surface area contributed by atoms with E-state index in [0.29, 0.717) is 37.0 Å². The fourth-order valence-electron chi connectivity index (χ4n) is 2.90. The van der Waals surface area contributed by atoms with Crippen molar-refractivity contribution in [3.8, 4) is 11.5 Å². The number of rotatable bonds is 3. The van der Waals surface area contributed by atoms with E-state index in [0.717, 1.165) is 5.69 Å². The molecular formula is C18H19ClN2O3. The fraction of sp³-hybridized carbons (Fsp3) is 0.278. The van der Waals surface area contributed by atoms with Crippen molar-refractivity contribution in [2.75, 3.05) is 38.2 Å². The first-order chi connectivity index (χ1) is 11.6. The Kier molecular flexibility index (Phi) is 4.81. The van der Waals surface area contributed by atoms with Crippen molar-refractivity contribution < 1.29 is 14.6 Å². The lowest BCUT2D eigenvalue weighted by Crippen LogP contribution is -2.48. The number of anilines is 1. The Morgan fingerprint density at radius 3 is 2.50 bits per heavy atom. The van der Waals surface area contributed by atoms with E-state index in [-0.39, 0.29) is 17.2 Å². The highest BCUT2D eigenvalue weighted by atomic mass is 35.5. The third-order valence-corrected chi connectivity index (χ3v) is 4.41. The lowest BCUT2D eigenvalue weighted by atomic mass is 10.1. The number of phenolic OH excluding ortho intramolecular Hbond substituents is 1. The second-order valence-corrected chi connectivity index (χ2v) is 6.05. The number of hydrogen-bond acceptors (Lipinski definition) is 4. The van der Waals surface area contributed by atoms with Crippen LogP contribution >= 0.6 is 11.6 Å². The molecule has 1 heterocycles. The summed E-state index contributed by atoms with van der Waals surface area (Å²) in [5.41, 5.74) is 1.27. The summed E-state index contributed by atoms with van der Waals surface area (Å²) in [4.78, 5) is 16.7. The Morgan fingerprint density at radius 2 is 1.83 bits per heavy atom. The minimum absolute atomic E-state index is 0.0587. The molecule has 0 aliphatic carbocycles. The van der Waals surface area contributed by atoms with Crippen LogP contribution in [0.2, 0.25) is 5.02 Å². The van der Waals surface area contributed by atoms with E-state index in [1.807, 2.05) is 24.3 Å². The van der Waals surface area contributed by atoms with Crippen LogP contribution in [0.3, 0.4) is 0 Å². The average Bonchev–Trinajstić information content (AvgIpc) is 2.61. The van der Waals surface area contributed by atoms with Crippen molar-refractivity contribution in [2.24, 2.45) is 0 Å². The molecule has 0 saturated carbocycles. The highest BCUT2D eigenvalue weighted by Gasteiger charge is 2.26. The molecule has 2 aromatic carbocycles. The molecule has 1 aliphatic rings. The normalized spacial score (nSPS) is 14.6. The first kappa shape index (κ1) is 16.5. The quantitative estimate of drug-likeness (QED) is 0.928. The Bertz CT molecular complexity index is 743. The number of amides is 1. The van der Waals surface area contributed by atoms with Crippen molar-refractivity contribution in [3.05, 3.63) is 53.1 Å². The summed E-state index contributed by atoms with van der Waals surface area (Å²) in [6.07, 6.45) is 0. The van der Waals surface area contributed by atoms with Crippen LogP contribution in [0.4, 0.5) is 5.69 Å². The Labute approximate surface area is 146 Å². The molecule has 24 heavy (non-hydrogen) atoms. The van der Waals surface area contributed by atoms with Gasteiger partial charge in [-0.2, -0.15) is 0 Å². The zero-order valence-electron chi connectivity index (χ0n) is 13.4. The standard InChI is InChI=1S/C18H19ClN2O3/c1-24-16-7-3-6-15(22)17(16)18(23)21-10-8-20(9-11-21)14-5-2-4-13(19)12-14/h2-7,12,22H,8-11H2,1H3.